The molecule has 2 fully saturated rings. The minimum absolute atomic E-state index is 0.180. The van der Waals surface area contributed by atoms with Gasteiger partial charge in [0.1, 0.15) is 15.8 Å². The topological polar surface area (TPSA) is 57.9 Å². The van der Waals surface area contributed by atoms with Crippen LogP contribution in [0.5, 0.6) is 0 Å². The molecule has 0 N–H and O–H groups in total. The minimum Gasteiger partial charge on any atom is -0.355 e. The molecule has 2 aliphatic heterocycles. The van der Waals surface area contributed by atoms with E-state index in [2.05, 4.69) is 18.7 Å². The summed E-state index contributed by atoms with van der Waals surface area (Å²) in [5, 5.41) is 0. The van der Waals surface area contributed by atoms with Crippen molar-refractivity contribution in [2.24, 2.45) is 11.8 Å². The first-order valence-corrected chi connectivity index (χ1v) is 13.1. The maximum absolute atomic E-state index is 13.7. The number of amides is 1. The fourth-order valence-corrected chi connectivity index (χ4v) is 6.52. The number of hydrogen-bond donors (Lipinski definition) is 0. The second kappa shape index (κ2) is 9.59. The van der Waals surface area contributed by atoms with Gasteiger partial charge in [-0.05, 0) is 49.0 Å². The molecule has 180 valence electrons. The predicted octanol–water partition coefficient (Wildman–Crippen LogP) is 5.14. The molecule has 2 saturated heterocycles. The third-order valence-corrected chi connectivity index (χ3v) is 8.02. The summed E-state index contributed by atoms with van der Waals surface area (Å²) in [6.45, 7) is 8.08. The van der Waals surface area contributed by atoms with E-state index in [0.717, 1.165) is 25.1 Å². The number of aromatic nitrogens is 2. The van der Waals surface area contributed by atoms with Gasteiger partial charge in [-0.1, -0.05) is 74.2 Å². The van der Waals surface area contributed by atoms with Gasteiger partial charge in [0.2, 0.25) is 0 Å². The molecule has 0 spiro atoms. The summed E-state index contributed by atoms with van der Waals surface area (Å²) in [5.74, 6) is 1.45. The van der Waals surface area contributed by atoms with Crippen molar-refractivity contribution in [1.82, 2.24) is 14.3 Å². The third kappa shape index (κ3) is 4.52. The molecule has 8 heteroatoms. The van der Waals surface area contributed by atoms with Crippen molar-refractivity contribution in [3.05, 3.63) is 81.1 Å². The van der Waals surface area contributed by atoms with Crippen LogP contribution in [-0.2, 0) is 4.79 Å². The van der Waals surface area contributed by atoms with Crippen molar-refractivity contribution in [3.63, 3.8) is 0 Å². The van der Waals surface area contributed by atoms with Crippen molar-refractivity contribution in [3.8, 4) is 0 Å². The van der Waals surface area contributed by atoms with Crippen LogP contribution in [0, 0.1) is 11.8 Å². The monoisotopic (exact) mass is 504 g/mol. The summed E-state index contributed by atoms with van der Waals surface area (Å²) in [6, 6.07) is 15.2. The van der Waals surface area contributed by atoms with Crippen LogP contribution in [0.3, 0.4) is 0 Å². The highest BCUT2D eigenvalue weighted by molar-refractivity contribution is 8.26. The number of fused-ring (bicyclic) bond motifs is 1. The molecule has 0 bridgehead atoms. The van der Waals surface area contributed by atoms with Gasteiger partial charge in [0.05, 0.1) is 16.5 Å². The van der Waals surface area contributed by atoms with Crippen LogP contribution in [0.1, 0.15) is 44.4 Å². The van der Waals surface area contributed by atoms with E-state index in [-0.39, 0.29) is 17.5 Å². The van der Waals surface area contributed by atoms with Gasteiger partial charge in [-0.15, -0.1) is 0 Å². The van der Waals surface area contributed by atoms with Crippen molar-refractivity contribution in [2.45, 2.75) is 33.2 Å². The molecule has 35 heavy (non-hydrogen) atoms. The summed E-state index contributed by atoms with van der Waals surface area (Å²) in [5.41, 5.74) is 1.86. The Labute approximate surface area is 214 Å². The highest BCUT2D eigenvalue weighted by Gasteiger charge is 2.37. The lowest BCUT2D eigenvalue weighted by Gasteiger charge is -2.36. The van der Waals surface area contributed by atoms with E-state index in [9.17, 15) is 9.59 Å². The van der Waals surface area contributed by atoms with E-state index in [1.807, 2.05) is 55.5 Å². The quantitative estimate of drug-likeness (QED) is 0.362. The van der Waals surface area contributed by atoms with Gasteiger partial charge in [-0.2, -0.15) is 0 Å². The van der Waals surface area contributed by atoms with Crippen molar-refractivity contribution < 1.29 is 4.79 Å². The first kappa shape index (κ1) is 23.8. The van der Waals surface area contributed by atoms with Gasteiger partial charge in [0.25, 0.3) is 11.5 Å². The number of thiocarbonyl (C=S) groups is 1. The predicted molar refractivity (Wildman–Crippen MR) is 146 cm³/mol. The molecule has 2 aromatic heterocycles. The molecule has 0 aliphatic carbocycles. The fraction of sp³-hybridized carbons (Fsp3) is 0.333. The van der Waals surface area contributed by atoms with Crippen molar-refractivity contribution in [2.75, 3.05) is 18.0 Å². The average Bonchev–Trinajstić information content (AvgIpc) is 3.12. The number of thioether (sulfide) groups is 1. The van der Waals surface area contributed by atoms with E-state index in [4.69, 9.17) is 17.2 Å². The van der Waals surface area contributed by atoms with Crippen LogP contribution < -0.4 is 10.5 Å². The number of pyridine rings is 1. The second-order valence-electron chi connectivity index (χ2n) is 9.57. The number of nitrogens with zero attached hydrogens (tertiary/aromatic N) is 4. The lowest BCUT2D eigenvalue weighted by atomic mass is 9.91. The standard InChI is InChI=1S/C27H28N4O2S2/c1-17-13-18(2)16-29(15-17)24-21(25(32)30-12-8-7-11-23(30)28-24)14-22-26(33)31(27(34)35-22)19(3)20-9-5-4-6-10-20/h4-12,14,17-19H,13,15-16H2,1-3H3/b22-14+/t17-,18+,19-/m0/s1. The lowest BCUT2D eigenvalue weighted by molar-refractivity contribution is -0.123. The second-order valence-corrected chi connectivity index (χ2v) is 11.2. The van der Waals surface area contributed by atoms with E-state index in [0.29, 0.717) is 38.1 Å². The van der Waals surface area contributed by atoms with E-state index in [1.165, 1.54) is 11.8 Å². The summed E-state index contributed by atoms with van der Waals surface area (Å²) in [6.07, 6.45) is 4.56. The van der Waals surface area contributed by atoms with E-state index >= 15 is 0 Å². The molecule has 1 amide bonds. The van der Waals surface area contributed by atoms with Crippen molar-refractivity contribution >= 4 is 51.7 Å². The molecule has 2 aliphatic rings. The molecule has 4 heterocycles. The largest absolute Gasteiger partial charge is 0.355 e. The minimum atomic E-state index is -0.200. The number of anilines is 1. The summed E-state index contributed by atoms with van der Waals surface area (Å²) in [4.78, 5) is 36.3. The fourth-order valence-electron chi connectivity index (χ4n) is 5.12. The Bertz CT molecular complexity index is 1370. The molecule has 6 nitrogen and oxygen atoms in total. The number of benzene rings is 1. The summed E-state index contributed by atoms with van der Waals surface area (Å²) >= 11 is 6.85. The van der Waals surface area contributed by atoms with Crippen molar-refractivity contribution in [1.29, 1.82) is 0 Å². The zero-order valence-corrected chi connectivity index (χ0v) is 21.7. The van der Waals surface area contributed by atoms with E-state index in [1.54, 1.807) is 21.6 Å². The molecule has 3 aromatic rings. The summed E-state index contributed by atoms with van der Waals surface area (Å²) < 4.78 is 2.03. The highest BCUT2D eigenvalue weighted by Crippen LogP contribution is 2.38. The summed E-state index contributed by atoms with van der Waals surface area (Å²) in [7, 11) is 0. The molecule has 5 rings (SSSR count). The Hall–Kier alpha value is -2.97. The number of carbonyl (C=O) groups excluding carboxylic acids is 1. The number of hydrogen-bond acceptors (Lipinski definition) is 6. The Morgan fingerprint density at radius 1 is 1.06 bits per heavy atom. The number of piperidine rings is 1. The molecular weight excluding hydrogens is 476 g/mol. The number of carbonyl (C=O) groups is 1. The van der Waals surface area contributed by atoms with Crippen LogP contribution in [-0.4, -0.2) is 37.6 Å². The Morgan fingerprint density at radius 3 is 2.46 bits per heavy atom. The lowest BCUT2D eigenvalue weighted by Crippen LogP contribution is -2.40. The SMILES string of the molecule is C[C@@H]1C[C@H](C)CN(c2nc3ccccn3c(=O)c2/C=C2/SC(=S)N([C@@H](C)c3ccccc3)C2=O)C1. The maximum atomic E-state index is 13.7. The van der Waals surface area contributed by atoms with Crippen LogP contribution in [0.15, 0.2) is 64.4 Å². The maximum Gasteiger partial charge on any atom is 0.267 e. The van der Waals surface area contributed by atoms with Crippen LogP contribution in [0.25, 0.3) is 11.7 Å². The first-order chi connectivity index (χ1) is 16.8. The Morgan fingerprint density at radius 2 is 1.74 bits per heavy atom. The van der Waals surface area contributed by atoms with Gasteiger partial charge < -0.3 is 4.90 Å². The Kier molecular flexibility index (Phi) is 6.51. The van der Waals surface area contributed by atoms with Gasteiger partial charge in [-0.3, -0.25) is 18.9 Å². The van der Waals surface area contributed by atoms with Gasteiger partial charge in [0, 0.05) is 19.3 Å². The Balaban J connectivity index is 1.59. The molecule has 3 atom stereocenters. The normalized spacial score (nSPS) is 22.9. The van der Waals surface area contributed by atoms with Gasteiger partial charge in [0.15, 0.2) is 0 Å². The molecule has 0 unspecified atom stereocenters. The average molecular weight is 505 g/mol. The first-order valence-electron chi connectivity index (χ1n) is 11.9. The zero-order chi connectivity index (χ0) is 24.7. The van der Waals surface area contributed by atoms with Gasteiger partial charge in [-0.25, -0.2) is 4.98 Å². The molecule has 1 aromatic carbocycles. The van der Waals surface area contributed by atoms with E-state index < -0.39 is 0 Å². The molecule has 0 saturated carbocycles. The van der Waals surface area contributed by atoms with Crippen LogP contribution >= 0.6 is 24.0 Å². The zero-order valence-electron chi connectivity index (χ0n) is 20.0. The smallest absolute Gasteiger partial charge is 0.267 e. The van der Waals surface area contributed by atoms with Crippen LogP contribution in [0.2, 0.25) is 0 Å². The molecular formula is C27H28N4O2S2. The number of rotatable bonds is 4. The third-order valence-electron chi connectivity index (χ3n) is 6.69. The molecule has 0 radical (unpaired) electrons. The highest BCUT2D eigenvalue weighted by atomic mass is 32.2. The van der Waals surface area contributed by atoms with Gasteiger partial charge >= 0.3 is 0 Å². The van der Waals surface area contributed by atoms with Crippen LogP contribution in [0.4, 0.5) is 5.82 Å².